The molecular formula is C34H27Cl2F2IN6O2S2. The molecular weight excluding hydrogens is 824 g/mol. The number of ether oxygens (including phenoxy) is 2. The van der Waals surface area contributed by atoms with Gasteiger partial charge in [0.2, 0.25) is 0 Å². The minimum absolute atomic E-state index is 0.298. The monoisotopic (exact) mass is 850 g/mol. The van der Waals surface area contributed by atoms with Gasteiger partial charge in [0.1, 0.15) is 5.82 Å². The number of epoxide rings is 1. The van der Waals surface area contributed by atoms with Crippen LogP contribution in [-0.4, -0.2) is 36.6 Å². The van der Waals surface area contributed by atoms with Crippen LogP contribution in [0.5, 0.6) is 0 Å². The summed E-state index contributed by atoms with van der Waals surface area (Å²) in [6.07, 6.45) is 2.65. The van der Waals surface area contributed by atoms with Crippen LogP contribution in [0.4, 0.5) is 8.78 Å². The predicted octanol–water partition coefficient (Wildman–Crippen LogP) is 9.60. The maximum absolute atomic E-state index is 14.0. The second-order valence-electron chi connectivity index (χ2n) is 10.9. The fourth-order valence-electron chi connectivity index (χ4n) is 5.46. The van der Waals surface area contributed by atoms with E-state index < -0.39 is 25.4 Å². The topological polar surface area (TPSA) is 83.2 Å². The molecule has 3 heterocycles. The second kappa shape index (κ2) is 15.1. The molecule has 15 heteroatoms. The Morgan fingerprint density at radius 3 is 2.06 bits per heavy atom. The zero-order chi connectivity index (χ0) is 34.0. The van der Waals surface area contributed by atoms with Crippen LogP contribution in [0.3, 0.4) is 0 Å². The summed E-state index contributed by atoms with van der Waals surface area (Å²) in [5.41, 5.74) is 1.71. The molecule has 0 saturated carbocycles. The van der Waals surface area contributed by atoms with Gasteiger partial charge in [-0.1, -0.05) is 23.7 Å². The summed E-state index contributed by atoms with van der Waals surface area (Å²) in [5, 5.41) is 11.6. The Hall–Kier alpha value is -3.05. The number of halogens is 5. The molecule has 1 aliphatic rings. The Kier molecular flexibility index (Phi) is 10.6. The normalized spacial score (nSPS) is 18.0. The van der Waals surface area contributed by atoms with Crippen LogP contribution in [0, 0.1) is 15.2 Å². The molecule has 0 radical (unpaired) electrons. The molecule has 1 saturated heterocycles. The molecule has 1 aliphatic heterocycles. The van der Waals surface area contributed by atoms with Gasteiger partial charge in [-0.2, -0.15) is 0 Å². The number of methoxy groups -OCH3 is 1. The van der Waals surface area contributed by atoms with Crippen LogP contribution < -0.4 is 0 Å². The Morgan fingerprint density at radius 1 is 0.816 bits per heavy atom. The van der Waals surface area contributed by atoms with Crippen LogP contribution >= 0.6 is 64.6 Å². The van der Waals surface area contributed by atoms with E-state index in [0.717, 1.165) is 20.3 Å². The third-order valence-corrected chi connectivity index (χ3v) is 17.0. The standard InChI is InChI=1S/C34H27Cl2F2IN6O2S2/c1-46-31(27-7-3-5-9-29(27)36)39(25-16-14-24(38)15-17-25)19-45-33(41-21-43-45)49-48-32-40-20-42-44(32)18-34(22-10-12-23(37)13-11-22)30(47-34)26-6-2-4-8-28(26)35/h2-17,20-21,30-31H,18-19H2,1H3. The third kappa shape index (κ3) is 7.39. The zero-order valence-corrected chi connectivity index (χ0v) is 31.0. The Balaban J connectivity index is 1.13. The van der Waals surface area contributed by atoms with Gasteiger partial charge in [-0.15, -0.1) is 0 Å². The van der Waals surface area contributed by atoms with Gasteiger partial charge < -0.3 is 0 Å². The van der Waals surface area contributed by atoms with E-state index in [1.54, 1.807) is 23.9 Å². The van der Waals surface area contributed by atoms with Gasteiger partial charge in [-0.25, -0.2) is 4.39 Å². The second-order valence-corrected chi connectivity index (χ2v) is 19.1. The van der Waals surface area contributed by atoms with Gasteiger partial charge in [-0.3, -0.25) is 0 Å². The average Bonchev–Trinajstić information content (AvgIpc) is 3.38. The number of hydrogen-bond donors (Lipinski definition) is 0. The van der Waals surface area contributed by atoms with Crippen molar-refractivity contribution in [3.8, 4) is 0 Å². The average molecular weight is 852 g/mol. The molecule has 7 rings (SSSR count). The van der Waals surface area contributed by atoms with E-state index in [4.69, 9.17) is 32.7 Å². The molecule has 2 aromatic heterocycles. The summed E-state index contributed by atoms with van der Waals surface area (Å²) in [5.74, 6) is -0.639. The fourth-order valence-corrected chi connectivity index (χ4v) is 14.1. The molecule has 252 valence electrons. The van der Waals surface area contributed by atoms with Gasteiger partial charge in [0, 0.05) is 0 Å². The number of alkyl halides is 2. The van der Waals surface area contributed by atoms with Crippen molar-refractivity contribution in [3.05, 3.63) is 152 Å². The number of benzene rings is 4. The van der Waals surface area contributed by atoms with Gasteiger partial charge >= 0.3 is 268 Å². The number of nitrogens with zero attached hydrogens (tertiary/aromatic N) is 6. The molecule has 8 nitrogen and oxygen atoms in total. The van der Waals surface area contributed by atoms with Gasteiger partial charge in [0.25, 0.3) is 0 Å². The molecule has 49 heavy (non-hydrogen) atoms. The van der Waals surface area contributed by atoms with Crippen molar-refractivity contribution in [1.82, 2.24) is 29.5 Å². The molecule has 3 unspecified atom stereocenters. The van der Waals surface area contributed by atoms with Gasteiger partial charge in [0.05, 0.1) is 0 Å². The Bertz CT molecular complexity index is 2060. The van der Waals surface area contributed by atoms with Crippen LogP contribution in [0.1, 0.15) is 26.9 Å². The molecule has 0 N–H and O–H groups in total. The predicted molar refractivity (Wildman–Crippen MR) is 195 cm³/mol. The SMILES string of the molecule is COC(c1ccccc1Cl)I(Cn1ncnc1SSc1ncnn1CC1(c2ccc(F)cc2)OC1c1ccccc1Cl)c1ccc(F)cc1. The van der Waals surface area contributed by atoms with E-state index in [9.17, 15) is 8.78 Å². The molecule has 1 fully saturated rings. The molecule has 0 spiro atoms. The maximum atomic E-state index is 14.0. The van der Waals surface area contributed by atoms with Crippen molar-refractivity contribution in [3.63, 3.8) is 0 Å². The number of rotatable bonds is 13. The van der Waals surface area contributed by atoms with Crippen molar-refractivity contribution in [2.45, 2.75) is 37.2 Å². The molecule has 4 aromatic carbocycles. The van der Waals surface area contributed by atoms with Gasteiger partial charge in [-0.05, 0) is 6.07 Å². The molecule has 0 bridgehead atoms. The van der Waals surface area contributed by atoms with E-state index in [0.29, 0.717) is 31.5 Å². The van der Waals surface area contributed by atoms with E-state index in [1.165, 1.54) is 58.5 Å². The van der Waals surface area contributed by atoms with E-state index in [1.807, 2.05) is 65.3 Å². The number of aromatic nitrogens is 6. The van der Waals surface area contributed by atoms with E-state index in [-0.39, 0.29) is 21.8 Å². The summed E-state index contributed by atoms with van der Waals surface area (Å²) in [7, 11) is 4.45. The van der Waals surface area contributed by atoms with Gasteiger partial charge in [0.15, 0.2) is 0 Å². The molecule has 0 aliphatic carbocycles. The fraction of sp³-hybridized carbons (Fsp3) is 0.176. The summed E-state index contributed by atoms with van der Waals surface area (Å²) in [6.45, 7) is 0.317. The third-order valence-electron chi connectivity index (χ3n) is 7.87. The van der Waals surface area contributed by atoms with E-state index in [2.05, 4.69) is 20.2 Å². The first-order valence-electron chi connectivity index (χ1n) is 14.8. The zero-order valence-electron chi connectivity index (χ0n) is 25.7. The summed E-state index contributed by atoms with van der Waals surface area (Å²) < 4.78 is 45.2. The Labute approximate surface area is 306 Å². The summed E-state index contributed by atoms with van der Waals surface area (Å²) >= 11 is 10.8. The molecule has 3 atom stereocenters. The van der Waals surface area contributed by atoms with Crippen LogP contribution in [0.15, 0.2) is 120 Å². The van der Waals surface area contributed by atoms with Crippen molar-refractivity contribution in [2.75, 3.05) is 7.11 Å². The molecule has 0 amide bonds. The van der Waals surface area contributed by atoms with Crippen molar-refractivity contribution in [1.29, 1.82) is 0 Å². The Morgan fingerprint density at radius 2 is 1.41 bits per heavy atom. The molecule has 6 aromatic rings. The van der Waals surface area contributed by atoms with Crippen LogP contribution in [0.2, 0.25) is 10.0 Å². The quantitative estimate of drug-likeness (QED) is 0.0492. The van der Waals surface area contributed by atoms with Crippen molar-refractivity contribution < 1.29 is 18.3 Å². The summed E-state index contributed by atoms with van der Waals surface area (Å²) in [4.78, 5) is 9.07. The first kappa shape index (κ1) is 34.4. The van der Waals surface area contributed by atoms with E-state index >= 15 is 0 Å². The van der Waals surface area contributed by atoms with Crippen LogP contribution in [0.25, 0.3) is 0 Å². The number of hydrogen-bond acceptors (Lipinski definition) is 8. The summed E-state index contributed by atoms with van der Waals surface area (Å²) in [6, 6.07) is 28.0. The van der Waals surface area contributed by atoms with Crippen molar-refractivity contribution >= 4 is 64.6 Å². The first-order valence-corrected chi connectivity index (χ1v) is 21.6. The minimum atomic E-state index is -2.36. The van der Waals surface area contributed by atoms with Crippen LogP contribution in [-0.2, 0) is 26.2 Å². The first-order chi connectivity index (χ1) is 23.9. The van der Waals surface area contributed by atoms with Crippen molar-refractivity contribution in [2.24, 2.45) is 0 Å².